The summed E-state index contributed by atoms with van der Waals surface area (Å²) in [5, 5.41) is 2.86. The quantitative estimate of drug-likeness (QED) is 0.649. The molecule has 5 nitrogen and oxygen atoms in total. The molecule has 1 rings (SSSR count). The fourth-order valence-corrected chi connectivity index (χ4v) is 1.85. The van der Waals surface area contributed by atoms with Gasteiger partial charge in [-0.1, -0.05) is 12.1 Å². The Morgan fingerprint density at radius 3 is 2.95 bits per heavy atom. The number of hydrogen-bond donors (Lipinski definition) is 2. The van der Waals surface area contributed by atoms with E-state index in [1.54, 1.807) is 0 Å². The molecule has 118 valence electrons. The summed E-state index contributed by atoms with van der Waals surface area (Å²) in [6.45, 7) is 6.23. The zero-order valence-corrected chi connectivity index (χ0v) is 12.9. The van der Waals surface area contributed by atoms with Gasteiger partial charge < -0.3 is 20.5 Å². The molecule has 0 aromatic heterocycles. The van der Waals surface area contributed by atoms with Crippen molar-refractivity contribution in [3.8, 4) is 0 Å². The van der Waals surface area contributed by atoms with E-state index in [1.807, 2.05) is 38.1 Å². The molecule has 0 radical (unpaired) electrons. The summed E-state index contributed by atoms with van der Waals surface area (Å²) in [6, 6.07) is 7.57. The van der Waals surface area contributed by atoms with Crippen molar-refractivity contribution in [2.24, 2.45) is 5.73 Å². The van der Waals surface area contributed by atoms with Gasteiger partial charge in [-0.2, -0.15) is 0 Å². The van der Waals surface area contributed by atoms with Crippen LogP contribution in [0, 0.1) is 0 Å². The van der Waals surface area contributed by atoms with Gasteiger partial charge in [0.2, 0.25) is 5.91 Å². The van der Waals surface area contributed by atoms with Crippen molar-refractivity contribution >= 4 is 11.6 Å². The molecule has 1 aromatic rings. The van der Waals surface area contributed by atoms with Gasteiger partial charge in [0.05, 0.1) is 12.7 Å². The van der Waals surface area contributed by atoms with Crippen LogP contribution in [0.5, 0.6) is 0 Å². The zero-order valence-electron chi connectivity index (χ0n) is 12.9. The molecule has 1 unspecified atom stereocenters. The zero-order chi connectivity index (χ0) is 15.5. The largest absolute Gasteiger partial charge is 0.379 e. The number of hydrogen-bond acceptors (Lipinski definition) is 4. The van der Waals surface area contributed by atoms with Crippen molar-refractivity contribution < 1.29 is 14.3 Å². The first-order valence-corrected chi connectivity index (χ1v) is 7.44. The van der Waals surface area contributed by atoms with Crippen LogP contribution in [0.15, 0.2) is 24.3 Å². The third kappa shape index (κ3) is 7.80. The van der Waals surface area contributed by atoms with Gasteiger partial charge in [0.1, 0.15) is 0 Å². The maximum Gasteiger partial charge on any atom is 0.224 e. The van der Waals surface area contributed by atoms with Crippen LogP contribution in [0.3, 0.4) is 0 Å². The van der Waals surface area contributed by atoms with Gasteiger partial charge in [0.15, 0.2) is 0 Å². The second-order valence-electron chi connectivity index (χ2n) is 4.90. The second-order valence-corrected chi connectivity index (χ2v) is 4.90. The number of carbonyl (C=O) groups is 1. The molecule has 1 amide bonds. The molecular weight excluding hydrogens is 268 g/mol. The fraction of sp³-hybridized carbons (Fsp3) is 0.562. The number of nitrogens with two attached hydrogens (primary N) is 1. The normalized spacial score (nSPS) is 12.1. The van der Waals surface area contributed by atoms with Crippen LogP contribution in [0.25, 0.3) is 0 Å². The van der Waals surface area contributed by atoms with Crippen LogP contribution in [-0.4, -0.2) is 31.8 Å². The Hall–Kier alpha value is -1.43. The standard InChI is InChI=1S/C16H26N2O3/c1-3-20-12-13(2)21-9-5-8-16(19)18-15-7-4-6-14(10-15)11-17/h4,6-7,10,13H,3,5,8-9,11-12,17H2,1-2H3,(H,18,19). The molecule has 0 aliphatic rings. The van der Waals surface area contributed by atoms with E-state index in [4.69, 9.17) is 15.2 Å². The van der Waals surface area contributed by atoms with Crippen molar-refractivity contribution in [2.45, 2.75) is 39.3 Å². The number of rotatable bonds is 10. The van der Waals surface area contributed by atoms with Crippen molar-refractivity contribution in [1.82, 2.24) is 0 Å². The number of carbonyl (C=O) groups excluding carboxylic acids is 1. The van der Waals surface area contributed by atoms with E-state index in [9.17, 15) is 4.79 Å². The Bertz CT molecular complexity index is 424. The molecule has 0 spiro atoms. The lowest BCUT2D eigenvalue weighted by Crippen LogP contribution is -2.18. The SMILES string of the molecule is CCOCC(C)OCCCC(=O)Nc1cccc(CN)c1. The summed E-state index contributed by atoms with van der Waals surface area (Å²) in [6.07, 6.45) is 1.20. The Morgan fingerprint density at radius 2 is 2.24 bits per heavy atom. The monoisotopic (exact) mass is 294 g/mol. The van der Waals surface area contributed by atoms with Crippen LogP contribution < -0.4 is 11.1 Å². The van der Waals surface area contributed by atoms with E-state index in [0.717, 1.165) is 11.3 Å². The van der Waals surface area contributed by atoms with Gasteiger partial charge in [-0.3, -0.25) is 4.79 Å². The molecule has 0 aliphatic carbocycles. The first-order chi connectivity index (χ1) is 10.2. The highest BCUT2D eigenvalue weighted by Gasteiger charge is 2.05. The Morgan fingerprint density at radius 1 is 1.43 bits per heavy atom. The van der Waals surface area contributed by atoms with Gasteiger partial charge in [-0.05, 0) is 38.0 Å². The van der Waals surface area contributed by atoms with Gasteiger partial charge >= 0.3 is 0 Å². The Kier molecular flexibility index (Phi) is 8.66. The smallest absolute Gasteiger partial charge is 0.224 e. The minimum absolute atomic E-state index is 0.00904. The Labute approximate surface area is 126 Å². The third-order valence-corrected chi connectivity index (χ3v) is 2.95. The maximum atomic E-state index is 11.8. The molecule has 5 heteroatoms. The van der Waals surface area contributed by atoms with E-state index in [2.05, 4.69) is 5.32 Å². The van der Waals surface area contributed by atoms with E-state index >= 15 is 0 Å². The summed E-state index contributed by atoms with van der Waals surface area (Å²) in [5.74, 6) is -0.00904. The molecule has 0 aliphatic heterocycles. The molecule has 0 heterocycles. The lowest BCUT2D eigenvalue weighted by Gasteiger charge is -2.12. The summed E-state index contributed by atoms with van der Waals surface area (Å²) >= 11 is 0. The minimum Gasteiger partial charge on any atom is -0.379 e. The van der Waals surface area contributed by atoms with Gasteiger partial charge in [0.25, 0.3) is 0 Å². The molecule has 21 heavy (non-hydrogen) atoms. The van der Waals surface area contributed by atoms with E-state index < -0.39 is 0 Å². The molecule has 1 atom stereocenters. The van der Waals surface area contributed by atoms with Crippen LogP contribution in [0.4, 0.5) is 5.69 Å². The number of benzene rings is 1. The fourth-order valence-electron chi connectivity index (χ4n) is 1.85. The average molecular weight is 294 g/mol. The predicted octanol–water partition coefficient (Wildman–Crippen LogP) is 2.31. The molecular formula is C16H26N2O3. The number of anilines is 1. The summed E-state index contributed by atoms with van der Waals surface area (Å²) < 4.78 is 10.8. The van der Waals surface area contributed by atoms with Crippen molar-refractivity contribution in [3.05, 3.63) is 29.8 Å². The highest BCUT2D eigenvalue weighted by molar-refractivity contribution is 5.90. The topological polar surface area (TPSA) is 73.6 Å². The van der Waals surface area contributed by atoms with E-state index in [0.29, 0.717) is 39.2 Å². The summed E-state index contributed by atoms with van der Waals surface area (Å²) in [7, 11) is 0. The second kappa shape index (κ2) is 10.3. The highest BCUT2D eigenvalue weighted by Crippen LogP contribution is 2.10. The van der Waals surface area contributed by atoms with Crippen LogP contribution in [0.1, 0.15) is 32.3 Å². The maximum absolute atomic E-state index is 11.8. The highest BCUT2D eigenvalue weighted by atomic mass is 16.5. The first-order valence-electron chi connectivity index (χ1n) is 7.44. The van der Waals surface area contributed by atoms with Crippen LogP contribution >= 0.6 is 0 Å². The van der Waals surface area contributed by atoms with Crippen molar-refractivity contribution in [2.75, 3.05) is 25.1 Å². The van der Waals surface area contributed by atoms with Gasteiger partial charge in [-0.25, -0.2) is 0 Å². The van der Waals surface area contributed by atoms with Gasteiger partial charge in [-0.15, -0.1) is 0 Å². The number of ether oxygens (including phenoxy) is 2. The average Bonchev–Trinajstić information content (AvgIpc) is 2.49. The third-order valence-electron chi connectivity index (χ3n) is 2.95. The first kappa shape index (κ1) is 17.6. The number of nitrogens with one attached hydrogen (secondary N) is 1. The minimum atomic E-state index is -0.00904. The molecule has 3 N–H and O–H groups in total. The predicted molar refractivity (Wildman–Crippen MR) is 84.1 cm³/mol. The van der Waals surface area contributed by atoms with E-state index in [1.165, 1.54) is 0 Å². The van der Waals surface area contributed by atoms with Crippen LogP contribution in [0.2, 0.25) is 0 Å². The molecule has 0 bridgehead atoms. The molecule has 0 fully saturated rings. The molecule has 1 aromatic carbocycles. The number of amides is 1. The molecule has 0 saturated heterocycles. The lowest BCUT2D eigenvalue weighted by atomic mass is 10.2. The molecule has 0 saturated carbocycles. The Balaban J connectivity index is 2.19. The lowest BCUT2D eigenvalue weighted by molar-refractivity contribution is -0.116. The van der Waals surface area contributed by atoms with Gasteiger partial charge in [0, 0.05) is 31.9 Å². The van der Waals surface area contributed by atoms with Crippen molar-refractivity contribution in [3.63, 3.8) is 0 Å². The summed E-state index contributed by atoms with van der Waals surface area (Å²) in [4.78, 5) is 11.8. The summed E-state index contributed by atoms with van der Waals surface area (Å²) in [5.41, 5.74) is 7.36. The van der Waals surface area contributed by atoms with E-state index in [-0.39, 0.29) is 12.0 Å². The van der Waals surface area contributed by atoms with Crippen molar-refractivity contribution in [1.29, 1.82) is 0 Å². The van der Waals surface area contributed by atoms with Crippen LogP contribution in [-0.2, 0) is 20.8 Å².